The van der Waals surface area contributed by atoms with Gasteiger partial charge in [0.15, 0.2) is 0 Å². The molecule has 0 atom stereocenters. The number of halogens is 1. The van der Waals surface area contributed by atoms with E-state index in [-0.39, 0.29) is 5.89 Å². The predicted molar refractivity (Wildman–Crippen MR) is 83.9 cm³/mol. The molecule has 0 amide bonds. The average molecular weight is 315 g/mol. The topological polar surface area (TPSA) is 53.1 Å². The number of imidazole rings is 1. The van der Waals surface area contributed by atoms with Crippen molar-refractivity contribution in [3.8, 4) is 17.2 Å². The largest absolute Gasteiger partial charge is 0.497 e. The van der Waals surface area contributed by atoms with Gasteiger partial charge in [0.25, 0.3) is 0 Å². The van der Waals surface area contributed by atoms with Crippen LogP contribution in [-0.4, -0.2) is 21.6 Å². The van der Waals surface area contributed by atoms with Crippen LogP contribution in [0.15, 0.2) is 35.0 Å². The van der Waals surface area contributed by atoms with Crippen molar-refractivity contribution in [2.24, 2.45) is 0 Å². The lowest BCUT2D eigenvalue weighted by molar-refractivity contribution is 0.411. The van der Waals surface area contributed by atoms with E-state index in [1.807, 2.05) is 24.6 Å². The van der Waals surface area contributed by atoms with Crippen LogP contribution >= 0.6 is 0 Å². The van der Waals surface area contributed by atoms with E-state index in [0.29, 0.717) is 23.6 Å². The zero-order chi connectivity index (χ0) is 16.4. The van der Waals surface area contributed by atoms with Crippen molar-refractivity contribution in [3.63, 3.8) is 0 Å². The van der Waals surface area contributed by atoms with Crippen LogP contribution in [0.3, 0.4) is 0 Å². The maximum atomic E-state index is 14.2. The summed E-state index contributed by atoms with van der Waals surface area (Å²) in [6, 6.07) is 4.61. The van der Waals surface area contributed by atoms with Gasteiger partial charge in [0.05, 0.1) is 19.2 Å². The quantitative estimate of drug-likeness (QED) is 0.722. The number of aromatic nitrogens is 3. The van der Waals surface area contributed by atoms with E-state index in [1.165, 1.54) is 13.2 Å². The van der Waals surface area contributed by atoms with Gasteiger partial charge in [-0.1, -0.05) is 6.92 Å². The lowest BCUT2D eigenvalue weighted by atomic mass is 10.2. The average Bonchev–Trinajstić information content (AvgIpc) is 3.14. The highest BCUT2D eigenvalue weighted by atomic mass is 19.1. The molecule has 0 unspecified atom stereocenters. The molecule has 0 aliphatic rings. The van der Waals surface area contributed by atoms with Gasteiger partial charge in [-0.05, 0) is 19.1 Å². The lowest BCUT2D eigenvalue weighted by Crippen LogP contribution is -2.04. The molecule has 5 nitrogen and oxygen atoms in total. The molecule has 0 spiro atoms. The van der Waals surface area contributed by atoms with Crippen LogP contribution in [0.2, 0.25) is 0 Å². The maximum Gasteiger partial charge on any atom is 0.229 e. The van der Waals surface area contributed by atoms with E-state index in [2.05, 4.69) is 9.97 Å². The van der Waals surface area contributed by atoms with Crippen molar-refractivity contribution in [3.05, 3.63) is 53.7 Å². The number of ether oxygens (including phenoxy) is 1. The third-order valence-electron chi connectivity index (χ3n) is 3.74. The smallest absolute Gasteiger partial charge is 0.229 e. The van der Waals surface area contributed by atoms with E-state index >= 15 is 0 Å². The summed E-state index contributed by atoms with van der Waals surface area (Å²) in [6.45, 7) is 4.43. The Morgan fingerprint density at radius 2 is 2.17 bits per heavy atom. The second kappa shape index (κ2) is 6.24. The van der Waals surface area contributed by atoms with Crippen molar-refractivity contribution in [1.82, 2.24) is 14.5 Å². The number of oxazole rings is 1. The van der Waals surface area contributed by atoms with Crippen LogP contribution in [0.25, 0.3) is 11.5 Å². The molecule has 0 saturated carbocycles. The third-order valence-corrected chi connectivity index (χ3v) is 3.74. The molecular formula is C17H18FN3O2. The number of benzene rings is 1. The molecule has 120 valence electrons. The molecule has 0 bridgehead atoms. The summed E-state index contributed by atoms with van der Waals surface area (Å²) in [4.78, 5) is 8.74. The normalized spacial score (nSPS) is 11.0. The van der Waals surface area contributed by atoms with Gasteiger partial charge in [-0.25, -0.2) is 14.4 Å². The van der Waals surface area contributed by atoms with E-state index in [1.54, 1.807) is 18.3 Å². The fraction of sp³-hybridized carbons (Fsp3) is 0.294. The Morgan fingerprint density at radius 1 is 1.35 bits per heavy atom. The zero-order valence-corrected chi connectivity index (χ0v) is 13.3. The maximum absolute atomic E-state index is 14.2. The molecule has 3 rings (SSSR count). The summed E-state index contributed by atoms with van der Waals surface area (Å²) in [7, 11) is 1.50. The highest BCUT2D eigenvalue weighted by Gasteiger charge is 2.16. The third kappa shape index (κ3) is 2.97. The van der Waals surface area contributed by atoms with Gasteiger partial charge >= 0.3 is 0 Å². The van der Waals surface area contributed by atoms with Gasteiger partial charge in [-0.15, -0.1) is 0 Å². The van der Waals surface area contributed by atoms with Crippen molar-refractivity contribution >= 4 is 0 Å². The molecule has 6 heteroatoms. The van der Waals surface area contributed by atoms with Crippen LogP contribution in [0.4, 0.5) is 4.39 Å². The lowest BCUT2D eigenvalue weighted by Gasteiger charge is -2.03. The first-order valence-corrected chi connectivity index (χ1v) is 7.42. The number of hydrogen-bond acceptors (Lipinski definition) is 4. The summed E-state index contributed by atoms with van der Waals surface area (Å²) in [6.07, 6.45) is 4.50. The molecule has 3 aromatic rings. The Labute approximate surface area is 133 Å². The summed E-state index contributed by atoms with van der Waals surface area (Å²) >= 11 is 0. The second-order valence-electron chi connectivity index (χ2n) is 5.19. The SMILES string of the molecule is CCc1nccn1Cc1nc(-c2ccc(OC)cc2F)oc1C. The van der Waals surface area contributed by atoms with Crippen LogP contribution < -0.4 is 4.74 Å². The first-order valence-electron chi connectivity index (χ1n) is 7.42. The summed E-state index contributed by atoms with van der Waals surface area (Å²) in [5, 5.41) is 0. The Balaban J connectivity index is 1.92. The van der Waals surface area contributed by atoms with Gasteiger partial charge in [0.1, 0.15) is 28.8 Å². The fourth-order valence-corrected chi connectivity index (χ4v) is 2.45. The number of rotatable bonds is 5. The Morgan fingerprint density at radius 3 is 2.87 bits per heavy atom. The first kappa shape index (κ1) is 15.3. The first-order chi connectivity index (χ1) is 11.1. The van der Waals surface area contributed by atoms with Gasteiger partial charge in [-0.3, -0.25) is 0 Å². The molecule has 0 fully saturated rings. The Kier molecular flexibility index (Phi) is 4.14. The minimum Gasteiger partial charge on any atom is -0.497 e. The van der Waals surface area contributed by atoms with Crippen LogP contribution in [0, 0.1) is 12.7 Å². The summed E-state index contributed by atoms with van der Waals surface area (Å²) < 4.78 is 26.8. The highest BCUT2D eigenvalue weighted by molar-refractivity contribution is 5.56. The molecule has 2 aromatic heterocycles. The number of aryl methyl sites for hydroxylation is 2. The van der Waals surface area contributed by atoms with Crippen molar-refractivity contribution in [2.45, 2.75) is 26.8 Å². The molecule has 0 saturated heterocycles. The molecule has 0 N–H and O–H groups in total. The Bertz CT molecular complexity index is 823. The van der Waals surface area contributed by atoms with Crippen molar-refractivity contribution in [1.29, 1.82) is 0 Å². The molecule has 23 heavy (non-hydrogen) atoms. The predicted octanol–water partition coefficient (Wildman–Crippen LogP) is 3.60. The molecule has 2 heterocycles. The molecule has 0 aliphatic heterocycles. The van der Waals surface area contributed by atoms with Crippen LogP contribution in [-0.2, 0) is 13.0 Å². The van der Waals surface area contributed by atoms with E-state index in [4.69, 9.17) is 9.15 Å². The Hall–Kier alpha value is -2.63. The molecule has 0 aliphatic carbocycles. The zero-order valence-electron chi connectivity index (χ0n) is 13.3. The molecule has 1 aromatic carbocycles. The van der Waals surface area contributed by atoms with Crippen LogP contribution in [0.1, 0.15) is 24.2 Å². The molecular weight excluding hydrogens is 297 g/mol. The van der Waals surface area contributed by atoms with Crippen molar-refractivity contribution < 1.29 is 13.5 Å². The van der Waals surface area contributed by atoms with E-state index in [9.17, 15) is 4.39 Å². The van der Waals surface area contributed by atoms with Gasteiger partial charge in [-0.2, -0.15) is 0 Å². The second-order valence-corrected chi connectivity index (χ2v) is 5.19. The fourth-order valence-electron chi connectivity index (χ4n) is 2.45. The number of nitrogens with zero attached hydrogens (tertiary/aromatic N) is 3. The van der Waals surface area contributed by atoms with Gasteiger partial charge < -0.3 is 13.7 Å². The summed E-state index contributed by atoms with van der Waals surface area (Å²) in [5.41, 5.74) is 1.09. The van der Waals surface area contributed by atoms with Crippen molar-refractivity contribution in [2.75, 3.05) is 7.11 Å². The monoisotopic (exact) mass is 315 g/mol. The van der Waals surface area contributed by atoms with Gasteiger partial charge in [0.2, 0.25) is 5.89 Å². The number of hydrogen-bond donors (Lipinski definition) is 0. The minimum absolute atomic E-state index is 0.274. The van der Waals surface area contributed by atoms with Crippen LogP contribution in [0.5, 0.6) is 5.75 Å². The molecule has 0 radical (unpaired) electrons. The standard InChI is InChI=1S/C17H18FN3O2/c1-4-16-19-7-8-21(16)10-15-11(2)23-17(20-15)13-6-5-12(22-3)9-14(13)18/h5-9H,4,10H2,1-3H3. The van der Waals surface area contributed by atoms with Gasteiger partial charge in [0, 0.05) is 24.9 Å². The number of methoxy groups -OCH3 is 1. The van der Waals surface area contributed by atoms with E-state index in [0.717, 1.165) is 17.9 Å². The minimum atomic E-state index is -0.422. The summed E-state index contributed by atoms with van der Waals surface area (Å²) in [5.74, 6) is 1.96. The highest BCUT2D eigenvalue weighted by Crippen LogP contribution is 2.27. The van der Waals surface area contributed by atoms with E-state index < -0.39 is 5.82 Å².